The second-order valence-electron chi connectivity index (χ2n) is 6.29. The summed E-state index contributed by atoms with van der Waals surface area (Å²) in [5, 5.41) is 13.9. The Labute approximate surface area is 171 Å². The van der Waals surface area contributed by atoms with E-state index in [0.717, 1.165) is 24.4 Å². The van der Waals surface area contributed by atoms with Crippen LogP contribution in [0, 0.1) is 0 Å². The molecule has 2 amide bonds. The Morgan fingerprint density at radius 1 is 1.28 bits per heavy atom. The molecule has 12 heteroatoms. The van der Waals surface area contributed by atoms with Crippen molar-refractivity contribution in [2.75, 3.05) is 31.6 Å². The number of ether oxygens (including phenoxy) is 1. The number of aromatic nitrogens is 1. The minimum atomic E-state index is -3.82. The van der Waals surface area contributed by atoms with Crippen molar-refractivity contribution < 1.29 is 22.7 Å². The maximum atomic E-state index is 12.3. The number of anilines is 1. The van der Waals surface area contributed by atoms with E-state index in [1.807, 2.05) is 0 Å². The summed E-state index contributed by atoms with van der Waals surface area (Å²) in [6, 6.07) is 5.18. The predicted molar refractivity (Wildman–Crippen MR) is 107 cm³/mol. The topological polar surface area (TPSA) is 153 Å². The Morgan fingerprint density at radius 3 is 2.69 bits per heavy atom. The van der Waals surface area contributed by atoms with Crippen LogP contribution in [-0.2, 0) is 14.8 Å². The Bertz CT molecular complexity index is 968. The van der Waals surface area contributed by atoms with Gasteiger partial charge in [0.2, 0.25) is 10.0 Å². The number of nitrogens with two attached hydrogens (primary N) is 1. The molecule has 0 radical (unpaired) electrons. The van der Waals surface area contributed by atoms with Crippen molar-refractivity contribution in [2.24, 2.45) is 5.14 Å². The molecule has 156 valence electrons. The van der Waals surface area contributed by atoms with Gasteiger partial charge in [-0.3, -0.25) is 14.9 Å². The summed E-state index contributed by atoms with van der Waals surface area (Å²) in [6.07, 6.45) is 2.18. The van der Waals surface area contributed by atoms with Crippen molar-refractivity contribution in [3.63, 3.8) is 0 Å². The zero-order valence-electron chi connectivity index (χ0n) is 15.4. The van der Waals surface area contributed by atoms with Gasteiger partial charge in [0.05, 0.1) is 23.8 Å². The molecule has 1 aromatic heterocycles. The van der Waals surface area contributed by atoms with E-state index in [4.69, 9.17) is 9.88 Å². The lowest BCUT2D eigenvalue weighted by Crippen LogP contribution is -2.40. The number of rotatable bonds is 7. The van der Waals surface area contributed by atoms with Crippen LogP contribution in [0.2, 0.25) is 0 Å². The second-order valence-corrected chi connectivity index (χ2v) is 8.89. The van der Waals surface area contributed by atoms with Gasteiger partial charge in [-0.25, -0.2) is 18.5 Å². The maximum Gasteiger partial charge on any atom is 0.263 e. The van der Waals surface area contributed by atoms with Crippen LogP contribution in [0.1, 0.15) is 26.5 Å². The largest absolute Gasteiger partial charge is 0.376 e. The quantitative estimate of drug-likeness (QED) is 0.479. The molecular formula is C17H21N5O5S2. The number of hydrogen-bond acceptors (Lipinski definition) is 8. The van der Waals surface area contributed by atoms with Gasteiger partial charge in [0.1, 0.15) is 4.88 Å². The number of carbonyl (C=O) groups excluding carboxylic acids is 2. The molecule has 1 fully saturated rings. The molecule has 0 aliphatic carbocycles. The van der Waals surface area contributed by atoms with Crippen molar-refractivity contribution in [3.8, 4) is 0 Å². The van der Waals surface area contributed by atoms with E-state index >= 15 is 0 Å². The van der Waals surface area contributed by atoms with E-state index in [9.17, 15) is 18.0 Å². The first kappa shape index (κ1) is 21.3. The van der Waals surface area contributed by atoms with Gasteiger partial charge in [-0.05, 0) is 30.7 Å². The van der Waals surface area contributed by atoms with Crippen molar-refractivity contribution in [2.45, 2.75) is 17.4 Å². The molecule has 0 saturated carbocycles. The first-order chi connectivity index (χ1) is 13.8. The van der Waals surface area contributed by atoms with Crippen LogP contribution >= 0.6 is 11.3 Å². The highest BCUT2D eigenvalue weighted by Gasteiger charge is 2.16. The monoisotopic (exact) mass is 439 g/mol. The maximum absolute atomic E-state index is 12.3. The van der Waals surface area contributed by atoms with E-state index in [0.29, 0.717) is 24.4 Å². The zero-order valence-corrected chi connectivity index (χ0v) is 17.0. The van der Waals surface area contributed by atoms with Crippen LogP contribution in [-0.4, -0.2) is 57.6 Å². The van der Waals surface area contributed by atoms with Crippen LogP contribution in [0.15, 0.2) is 35.4 Å². The van der Waals surface area contributed by atoms with Crippen molar-refractivity contribution in [1.29, 1.82) is 0 Å². The van der Waals surface area contributed by atoms with E-state index in [2.05, 4.69) is 20.9 Å². The first-order valence-electron chi connectivity index (χ1n) is 8.83. The molecule has 1 aromatic carbocycles. The molecule has 3 rings (SSSR count). The second kappa shape index (κ2) is 9.41. The number of amides is 2. The summed E-state index contributed by atoms with van der Waals surface area (Å²) in [5.74, 6) is -0.751. The number of sulfonamides is 1. The van der Waals surface area contributed by atoms with E-state index in [-0.39, 0.29) is 27.6 Å². The van der Waals surface area contributed by atoms with Gasteiger partial charge in [0.15, 0.2) is 5.13 Å². The van der Waals surface area contributed by atoms with Crippen LogP contribution in [0.25, 0.3) is 0 Å². The summed E-state index contributed by atoms with van der Waals surface area (Å²) in [4.78, 5) is 28.8. The highest BCUT2D eigenvalue weighted by molar-refractivity contribution is 7.89. The third-order valence-corrected chi connectivity index (χ3v) is 5.99. The van der Waals surface area contributed by atoms with Gasteiger partial charge in [0, 0.05) is 25.2 Å². The Balaban J connectivity index is 1.51. The van der Waals surface area contributed by atoms with Gasteiger partial charge >= 0.3 is 0 Å². The lowest BCUT2D eigenvalue weighted by molar-refractivity contribution is 0.0239. The van der Waals surface area contributed by atoms with Gasteiger partial charge in [-0.15, -0.1) is 0 Å². The SMILES string of the molecule is NS(=O)(=O)c1ccc(C(=O)Nc2ncc(C(=O)NCCC3CNCCO3)s2)cc1. The number of carbonyl (C=O) groups is 2. The minimum Gasteiger partial charge on any atom is -0.376 e. The lowest BCUT2D eigenvalue weighted by atomic mass is 10.2. The van der Waals surface area contributed by atoms with E-state index in [1.165, 1.54) is 30.5 Å². The molecule has 1 atom stereocenters. The summed E-state index contributed by atoms with van der Waals surface area (Å²) in [5.41, 5.74) is 0.236. The highest BCUT2D eigenvalue weighted by Crippen LogP contribution is 2.19. The minimum absolute atomic E-state index is 0.0843. The summed E-state index contributed by atoms with van der Waals surface area (Å²) >= 11 is 1.04. The van der Waals surface area contributed by atoms with Crippen LogP contribution in [0.3, 0.4) is 0 Å². The molecule has 29 heavy (non-hydrogen) atoms. The molecule has 5 N–H and O–H groups in total. The molecular weight excluding hydrogens is 418 g/mol. The summed E-state index contributed by atoms with van der Waals surface area (Å²) in [7, 11) is -3.82. The zero-order chi connectivity index (χ0) is 20.9. The van der Waals surface area contributed by atoms with Gasteiger partial charge in [-0.1, -0.05) is 11.3 Å². The predicted octanol–water partition coefficient (Wildman–Crippen LogP) is 0.151. The van der Waals surface area contributed by atoms with E-state index < -0.39 is 15.9 Å². The molecule has 2 aromatic rings. The Morgan fingerprint density at radius 2 is 2.03 bits per heavy atom. The Kier molecular flexibility index (Phi) is 6.92. The Hall–Kier alpha value is -2.38. The van der Waals surface area contributed by atoms with Crippen LogP contribution < -0.4 is 21.1 Å². The molecule has 0 bridgehead atoms. The van der Waals surface area contributed by atoms with Gasteiger partial charge < -0.3 is 15.4 Å². The van der Waals surface area contributed by atoms with E-state index in [1.54, 1.807) is 0 Å². The van der Waals surface area contributed by atoms with Crippen LogP contribution in [0.5, 0.6) is 0 Å². The number of hydrogen-bond donors (Lipinski definition) is 4. The average Bonchev–Trinajstić information content (AvgIpc) is 3.17. The highest BCUT2D eigenvalue weighted by atomic mass is 32.2. The average molecular weight is 440 g/mol. The fraction of sp³-hybridized carbons (Fsp3) is 0.353. The number of morpholine rings is 1. The molecule has 0 spiro atoms. The third-order valence-electron chi connectivity index (χ3n) is 4.15. The molecule has 1 aliphatic rings. The third kappa shape index (κ3) is 6.05. The lowest BCUT2D eigenvalue weighted by Gasteiger charge is -2.23. The van der Waals surface area contributed by atoms with Gasteiger partial charge in [-0.2, -0.15) is 0 Å². The standard InChI is InChI=1S/C17H21N5O5S2/c18-29(25,26)13-3-1-11(2-4-13)15(23)22-17-21-10-14(28-17)16(24)20-6-5-12-9-19-7-8-27-12/h1-4,10,12,19H,5-9H2,(H,20,24)(H2,18,25,26)(H,21,22,23). The number of nitrogens with zero attached hydrogens (tertiary/aromatic N) is 1. The van der Waals surface area contributed by atoms with Crippen molar-refractivity contribution in [1.82, 2.24) is 15.6 Å². The van der Waals surface area contributed by atoms with Crippen LogP contribution in [0.4, 0.5) is 5.13 Å². The number of thiazole rings is 1. The number of primary sulfonamides is 1. The fourth-order valence-corrected chi connectivity index (χ4v) is 3.88. The molecule has 10 nitrogen and oxygen atoms in total. The summed E-state index contributed by atoms with van der Waals surface area (Å²) < 4.78 is 28.1. The van der Waals surface area contributed by atoms with Crippen molar-refractivity contribution in [3.05, 3.63) is 40.9 Å². The molecule has 2 heterocycles. The summed E-state index contributed by atoms with van der Waals surface area (Å²) in [6.45, 7) is 2.75. The number of benzene rings is 1. The first-order valence-corrected chi connectivity index (χ1v) is 11.2. The smallest absolute Gasteiger partial charge is 0.263 e. The number of nitrogens with one attached hydrogen (secondary N) is 3. The van der Waals surface area contributed by atoms with Gasteiger partial charge in [0.25, 0.3) is 11.8 Å². The fourth-order valence-electron chi connectivity index (χ4n) is 2.64. The molecule has 1 aliphatic heterocycles. The molecule has 1 saturated heterocycles. The molecule has 1 unspecified atom stereocenters. The van der Waals surface area contributed by atoms with Crippen molar-refractivity contribution >= 4 is 38.3 Å². The normalized spacial score (nSPS) is 16.9.